The molecular formula is C11H12Cl2O2. The minimum Gasteiger partial charge on any atom is -0.488 e. The van der Waals surface area contributed by atoms with Crippen LogP contribution in [-0.2, 0) is 6.42 Å². The summed E-state index contributed by atoms with van der Waals surface area (Å²) < 4.78 is 5.34. The molecule has 0 spiro atoms. The number of aliphatic hydroxyl groups excluding tert-OH is 1. The molecule has 0 amide bonds. The van der Waals surface area contributed by atoms with Gasteiger partial charge in [0.05, 0.1) is 5.03 Å². The van der Waals surface area contributed by atoms with Gasteiger partial charge in [-0.05, 0) is 24.1 Å². The molecule has 0 aromatic heterocycles. The van der Waals surface area contributed by atoms with Crippen LogP contribution in [0.2, 0.25) is 0 Å². The number of hydrogen-bond acceptors (Lipinski definition) is 2. The van der Waals surface area contributed by atoms with Gasteiger partial charge in [0.2, 0.25) is 0 Å². The first-order valence-corrected chi connectivity index (χ1v) is 5.35. The third-order valence-corrected chi connectivity index (χ3v) is 2.41. The molecule has 4 heteroatoms. The van der Waals surface area contributed by atoms with E-state index in [-0.39, 0.29) is 13.2 Å². The second-order valence-corrected chi connectivity index (χ2v) is 3.67. The Hall–Kier alpha value is -0.700. The van der Waals surface area contributed by atoms with Crippen LogP contribution in [0, 0.1) is 0 Å². The molecule has 0 bridgehead atoms. The maximum Gasteiger partial charge on any atom is 0.125 e. The van der Waals surface area contributed by atoms with Gasteiger partial charge in [0.15, 0.2) is 0 Å². The zero-order valence-corrected chi connectivity index (χ0v) is 9.63. The average Bonchev–Trinajstić information content (AvgIpc) is 2.28. The van der Waals surface area contributed by atoms with Gasteiger partial charge >= 0.3 is 0 Å². The minimum absolute atomic E-state index is 0.154. The van der Waals surface area contributed by atoms with Gasteiger partial charge in [0.1, 0.15) is 12.4 Å². The largest absolute Gasteiger partial charge is 0.488 e. The summed E-state index contributed by atoms with van der Waals surface area (Å²) in [6.45, 7) is 0.422. The average molecular weight is 247 g/mol. The van der Waals surface area contributed by atoms with Gasteiger partial charge in [-0.1, -0.05) is 35.3 Å². The molecule has 0 aliphatic carbocycles. The van der Waals surface area contributed by atoms with E-state index in [4.69, 9.17) is 33.0 Å². The molecule has 0 aliphatic rings. The number of hydrogen-bond donors (Lipinski definition) is 1. The Morgan fingerprint density at radius 1 is 1.33 bits per heavy atom. The van der Waals surface area contributed by atoms with Crippen LogP contribution in [0.3, 0.4) is 0 Å². The lowest BCUT2D eigenvalue weighted by Gasteiger charge is -2.05. The summed E-state index contributed by atoms with van der Waals surface area (Å²) >= 11 is 11.1. The van der Waals surface area contributed by atoms with Crippen LogP contribution >= 0.6 is 23.2 Å². The Balaban J connectivity index is 2.49. The second kappa shape index (κ2) is 6.72. The van der Waals surface area contributed by atoms with E-state index in [0.29, 0.717) is 11.5 Å². The van der Waals surface area contributed by atoms with E-state index in [2.05, 4.69) is 0 Å². The molecule has 82 valence electrons. The van der Waals surface area contributed by atoms with E-state index in [1.165, 1.54) is 5.54 Å². The summed E-state index contributed by atoms with van der Waals surface area (Å²) in [5, 5.41) is 9.18. The molecule has 0 aliphatic heterocycles. The summed E-state index contributed by atoms with van der Waals surface area (Å²) in [6.07, 6.45) is 0.655. The third kappa shape index (κ3) is 4.56. The maximum absolute atomic E-state index is 8.73. The molecule has 2 nitrogen and oxygen atoms in total. The van der Waals surface area contributed by atoms with Gasteiger partial charge in [-0.2, -0.15) is 0 Å². The van der Waals surface area contributed by atoms with Crippen molar-refractivity contribution in [2.45, 2.75) is 6.42 Å². The molecular weight excluding hydrogens is 235 g/mol. The first kappa shape index (κ1) is 12.4. The number of benzene rings is 1. The van der Waals surface area contributed by atoms with E-state index in [0.717, 1.165) is 11.3 Å². The van der Waals surface area contributed by atoms with Gasteiger partial charge in [0, 0.05) is 12.1 Å². The molecule has 1 rings (SSSR count). The molecule has 0 fully saturated rings. The minimum atomic E-state index is 0.154. The number of aliphatic hydroxyl groups is 1. The molecule has 1 aromatic rings. The van der Waals surface area contributed by atoms with Crippen LogP contribution in [-0.4, -0.2) is 18.3 Å². The van der Waals surface area contributed by atoms with E-state index < -0.39 is 0 Å². The van der Waals surface area contributed by atoms with Crippen molar-refractivity contribution in [2.24, 2.45) is 0 Å². The monoisotopic (exact) mass is 246 g/mol. The number of ether oxygens (including phenoxy) is 1. The SMILES string of the molecule is OCCc1ccc(OC/C(Cl)=C/Cl)cc1. The Morgan fingerprint density at radius 3 is 2.53 bits per heavy atom. The fourth-order valence-corrected chi connectivity index (χ4v) is 1.18. The molecule has 0 saturated heterocycles. The fraction of sp³-hybridized carbons (Fsp3) is 0.273. The third-order valence-electron chi connectivity index (χ3n) is 1.82. The molecule has 0 atom stereocenters. The summed E-state index contributed by atoms with van der Waals surface area (Å²) in [6, 6.07) is 7.49. The van der Waals surface area contributed by atoms with Gasteiger partial charge in [-0.25, -0.2) is 0 Å². The second-order valence-electron chi connectivity index (χ2n) is 2.96. The first-order chi connectivity index (χ1) is 7.26. The van der Waals surface area contributed by atoms with Gasteiger partial charge in [-0.15, -0.1) is 0 Å². The van der Waals surface area contributed by atoms with Crippen molar-refractivity contribution >= 4 is 23.2 Å². The Kier molecular flexibility index (Phi) is 5.54. The van der Waals surface area contributed by atoms with Crippen LogP contribution in [0.4, 0.5) is 0 Å². The topological polar surface area (TPSA) is 29.5 Å². The lowest BCUT2D eigenvalue weighted by atomic mass is 10.1. The lowest BCUT2D eigenvalue weighted by molar-refractivity contribution is 0.299. The highest BCUT2D eigenvalue weighted by atomic mass is 35.5. The quantitative estimate of drug-likeness (QED) is 0.866. The predicted molar refractivity (Wildman–Crippen MR) is 62.5 cm³/mol. The van der Waals surface area contributed by atoms with Crippen molar-refractivity contribution in [3.8, 4) is 5.75 Å². The summed E-state index contributed by atoms with van der Waals surface area (Å²) in [5.41, 5.74) is 2.35. The van der Waals surface area contributed by atoms with Crippen LogP contribution in [0.25, 0.3) is 0 Å². The van der Waals surface area contributed by atoms with Crippen molar-refractivity contribution in [2.75, 3.05) is 13.2 Å². The Labute approximate surface area is 99.1 Å². The zero-order chi connectivity index (χ0) is 11.1. The van der Waals surface area contributed by atoms with Crippen molar-refractivity contribution in [1.82, 2.24) is 0 Å². The summed E-state index contributed by atoms with van der Waals surface area (Å²) in [5.74, 6) is 0.730. The summed E-state index contributed by atoms with van der Waals surface area (Å²) in [7, 11) is 0. The standard InChI is InChI=1S/C11H12Cl2O2/c12-7-10(13)8-15-11-3-1-9(2-4-11)5-6-14/h1-4,7,14H,5-6,8H2/b10-7-. The van der Waals surface area contributed by atoms with Gasteiger partial charge in [-0.3, -0.25) is 0 Å². The molecule has 1 N–H and O–H groups in total. The molecule has 0 unspecified atom stereocenters. The number of halogens is 2. The predicted octanol–water partition coefficient (Wildman–Crippen LogP) is 2.92. The van der Waals surface area contributed by atoms with Crippen molar-refractivity contribution in [3.05, 3.63) is 40.4 Å². The van der Waals surface area contributed by atoms with E-state index in [1.54, 1.807) is 0 Å². The van der Waals surface area contributed by atoms with Crippen LogP contribution < -0.4 is 4.74 Å². The Morgan fingerprint density at radius 2 is 2.00 bits per heavy atom. The first-order valence-electron chi connectivity index (χ1n) is 4.53. The Bertz CT molecular complexity index is 320. The highest BCUT2D eigenvalue weighted by Gasteiger charge is 1.96. The highest BCUT2D eigenvalue weighted by molar-refractivity contribution is 6.36. The lowest BCUT2D eigenvalue weighted by Crippen LogP contribution is -1.97. The van der Waals surface area contributed by atoms with Crippen molar-refractivity contribution in [3.63, 3.8) is 0 Å². The van der Waals surface area contributed by atoms with Crippen LogP contribution in [0.1, 0.15) is 5.56 Å². The summed E-state index contributed by atoms with van der Waals surface area (Å²) in [4.78, 5) is 0. The fourth-order valence-electron chi connectivity index (χ4n) is 1.07. The van der Waals surface area contributed by atoms with Crippen molar-refractivity contribution < 1.29 is 9.84 Å². The van der Waals surface area contributed by atoms with Gasteiger partial charge < -0.3 is 9.84 Å². The molecule has 1 aromatic carbocycles. The molecule has 0 radical (unpaired) electrons. The molecule has 15 heavy (non-hydrogen) atoms. The molecule has 0 saturated carbocycles. The number of rotatable bonds is 5. The van der Waals surface area contributed by atoms with Crippen LogP contribution in [0.5, 0.6) is 5.75 Å². The maximum atomic E-state index is 8.73. The van der Waals surface area contributed by atoms with Gasteiger partial charge in [0.25, 0.3) is 0 Å². The zero-order valence-electron chi connectivity index (χ0n) is 8.12. The normalized spacial score (nSPS) is 11.5. The van der Waals surface area contributed by atoms with E-state index >= 15 is 0 Å². The van der Waals surface area contributed by atoms with Crippen LogP contribution in [0.15, 0.2) is 34.8 Å². The smallest absolute Gasteiger partial charge is 0.125 e. The highest BCUT2D eigenvalue weighted by Crippen LogP contribution is 2.14. The van der Waals surface area contributed by atoms with E-state index in [9.17, 15) is 0 Å². The molecule has 0 heterocycles. The van der Waals surface area contributed by atoms with E-state index in [1.807, 2.05) is 24.3 Å². The van der Waals surface area contributed by atoms with Crippen molar-refractivity contribution in [1.29, 1.82) is 0 Å².